The summed E-state index contributed by atoms with van der Waals surface area (Å²) in [5, 5.41) is 12.1. The Labute approximate surface area is 115 Å². The van der Waals surface area contributed by atoms with Gasteiger partial charge in [-0.25, -0.2) is 4.98 Å². The number of nitrogens with one attached hydrogen (secondary N) is 1. The third-order valence-electron chi connectivity index (χ3n) is 2.66. The zero-order chi connectivity index (χ0) is 14.3. The van der Waals surface area contributed by atoms with E-state index in [9.17, 15) is 0 Å². The number of anilines is 1. The predicted octanol–water partition coefficient (Wildman–Crippen LogP) is 2.39. The molecule has 0 fully saturated rings. The molecule has 0 aliphatic rings. The van der Waals surface area contributed by atoms with Crippen LogP contribution in [0, 0.1) is 12.8 Å². The second-order valence-electron chi connectivity index (χ2n) is 5.19. The normalized spacial score (nSPS) is 12.5. The third kappa shape index (κ3) is 6.38. The molecule has 0 radical (unpaired) electrons. The Hall–Kier alpha value is -1.36. The summed E-state index contributed by atoms with van der Waals surface area (Å²) < 4.78 is 5.57. The quantitative estimate of drug-likeness (QED) is 0.708. The van der Waals surface area contributed by atoms with Crippen molar-refractivity contribution < 1.29 is 9.84 Å². The maximum atomic E-state index is 8.95. The van der Waals surface area contributed by atoms with Gasteiger partial charge in [0.15, 0.2) is 0 Å². The Balaban J connectivity index is 2.46. The van der Waals surface area contributed by atoms with Gasteiger partial charge in [-0.15, -0.1) is 0 Å². The summed E-state index contributed by atoms with van der Waals surface area (Å²) >= 11 is 0. The van der Waals surface area contributed by atoms with Crippen LogP contribution in [-0.2, 0) is 0 Å². The fourth-order valence-corrected chi connectivity index (χ4v) is 1.66. The van der Waals surface area contributed by atoms with Crippen LogP contribution in [0.2, 0.25) is 0 Å². The number of aliphatic hydroxyl groups excluding tert-OH is 1. The van der Waals surface area contributed by atoms with Crippen LogP contribution in [0.3, 0.4) is 0 Å². The predicted molar refractivity (Wildman–Crippen MR) is 76.5 cm³/mol. The largest absolute Gasteiger partial charge is 0.475 e. The third-order valence-corrected chi connectivity index (χ3v) is 2.66. The molecular formula is C14H25N3O2. The van der Waals surface area contributed by atoms with Crippen molar-refractivity contribution in [3.63, 3.8) is 0 Å². The molecule has 2 N–H and O–H groups in total. The van der Waals surface area contributed by atoms with E-state index in [-0.39, 0.29) is 12.7 Å². The summed E-state index contributed by atoms with van der Waals surface area (Å²) in [5.74, 6) is 1.56. The van der Waals surface area contributed by atoms with E-state index in [1.165, 1.54) is 0 Å². The number of aromatic nitrogens is 2. The number of aryl methyl sites for hydroxylation is 1. The molecule has 1 aromatic heterocycles. The average Bonchev–Trinajstić information content (AvgIpc) is 2.32. The van der Waals surface area contributed by atoms with E-state index < -0.39 is 0 Å². The smallest absolute Gasteiger partial charge is 0.226 e. The molecule has 0 aromatic carbocycles. The highest BCUT2D eigenvalue weighted by Crippen LogP contribution is 2.13. The van der Waals surface area contributed by atoms with Crippen LogP contribution in [-0.4, -0.2) is 34.3 Å². The molecule has 0 aliphatic carbocycles. The number of aliphatic hydroxyl groups is 1. The minimum atomic E-state index is 0.104. The average molecular weight is 267 g/mol. The molecule has 5 heteroatoms. The van der Waals surface area contributed by atoms with Crippen molar-refractivity contribution in [2.75, 3.05) is 18.5 Å². The summed E-state index contributed by atoms with van der Waals surface area (Å²) in [5.41, 5.74) is 0.886. The summed E-state index contributed by atoms with van der Waals surface area (Å²) in [6.45, 7) is 8.95. The molecule has 1 unspecified atom stereocenters. The lowest BCUT2D eigenvalue weighted by atomic mass is 10.1. The van der Waals surface area contributed by atoms with Crippen LogP contribution < -0.4 is 10.1 Å². The van der Waals surface area contributed by atoms with E-state index in [1.807, 2.05) is 33.8 Å². The number of hydrogen-bond donors (Lipinski definition) is 2. The minimum absolute atomic E-state index is 0.104. The SMILES string of the molecule is Cc1cc(OC(C)C)nc(NCCCC(C)CO)n1. The molecule has 0 spiro atoms. The molecule has 19 heavy (non-hydrogen) atoms. The Morgan fingerprint density at radius 1 is 1.32 bits per heavy atom. The lowest BCUT2D eigenvalue weighted by molar-refractivity contribution is 0.229. The van der Waals surface area contributed by atoms with Gasteiger partial charge >= 0.3 is 0 Å². The fourth-order valence-electron chi connectivity index (χ4n) is 1.66. The number of nitrogens with zero attached hydrogens (tertiary/aromatic N) is 2. The summed E-state index contributed by atoms with van der Waals surface area (Å²) in [4.78, 5) is 8.64. The standard InChI is InChI=1S/C14H25N3O2/c1-10(2)19-13-8-12(4)16-14(17-13)15-7-5-6-11(3)9-18/h8,10-11,18H,5-7,9H2,1-4H3,(H,15,16,17). The molecule has 1 atom stereocenters. The zero-order valence-electron chi connectivity index (χ0n) is 12.3. The van der Waals surface area contributed by atoms with E-state index in [0.717, 1.165) is 25.1 Å². The van der Waals surface area contributed by atoms with E-state index >= 15 is 0 Å². The fraction of sp³-hybridized carbons (Fsp3) is 0.714. The van der Waals surface area contributed by atoms with Gasteiger partial charge in [-0.1, -0.05) is 6.92 Å². The molecule has 0 saturated heterocycles. The van der Waals surface area contributed by atoms with Gasteiger partial charge in [-0.05, 0) is 39.5 Å². The first-order valence-electron chi connectivity index (χ1n) is 6.88. The van der Waals surface area contributed by atoms with Gasteiger partial charge in [-0.3, -0.25) is 0 Å². The van der Waals surface area contributed by atoms with Gasteiger partial charge in [0.1, 0.15) is 0 Å². The summed E-state index contributed by atoms with van der Waals surface area (Å²) in [6, 6.07) is 1.83. The first-order valence-corrected chi connectivity index (χ1v) is 6.88. The number of ether oxygens (including phenoxy) is 1. The van der Waals surface area contributed by atoms with E-state index in [0.29, 0.717) is 17.7 Å². The second-order valence-corrected chi connectivity index (χ2v) is 5.19. The second kappa shape index (κ2) is 7.94. The molecule has 108 valence electrons. The Kier molecular flexibility index (Phi) is 6.56. The topological polar surface area (TPSA) is 67.3 Å². The molecule has 0 bridgehead atoms. The molecule has 1 aromatic rings. The molecule has 0 aliphatic heterocycles. The van der Waals surface area contributed by atoms with Crippen LogP contribution in [0.1, 0.15) is 39.3 Å². The molecule has 0 amide bonds. The van der Waals surface area contributed by atoms with Crippen LogP contribution >= 0.6 is 0 Å². The van der Waals surface area contributed by atoms with Gasteiger partial charge in [0.2, 0.25) is 11.8 Å². The first-order chi connectivity index (χ1) is 9.01. The molecular weight excluding hydrogens is 242 g/mol. The van der Waals surface area contributed by atoms with Gasteiger partial charge < -0.3 is 15.2 Å². The van der Waals surface area contributed by atoms with Gasteiger partial charge in [0.05, 0.1) is 6.10 Å². The molecule has 1 heterocycles. The van der Waals surface area contributed by atoms with E-state index in [1.54, 1.807) is 0 Å². The monoisotopic (exact) mass is 267 g/mol. The Morgan fingerprint density at radius 3 is 2.68 bits per heavy atom. The van der Waals surface area contributed by atoms with Crippen molar-refractivity contribution in [2.24, 2.45) is 5.92 Å². The van der Waals surface area contributed by atoms with Crippen LogP contribution in [0.25, 0.3) is 0 Å². The van der Waals surface area contributed by atoms with Crippen molar-refractivity contribution >= 4 is 5.95 Å². The Bertz CT molecular complexity index is 383. The lowest BCUT2D eigenvalue weighted by Crippen LogP contribution is -2.11. The highest BCUT2D eigenvalue weighted by molar-refractivity contribution is 5.30. The van der Waals surface area contributed by atoms with Crippen molar-refractivity contribution in [2.45, 2.75) is 46.6 Å². The molecule has 0 saturated carbocycles. The molecule has 5 nitrogen and oxygen atoms in total. The highest BCUT2D eigenvalue weighted by atomic mass is 16.5. The van der Waals surface area contributed by atoms with Crippen molar-refractivity contribution in [1.29, 1.82) is 0 Å². The van der Waals surface area contributed by atoms with Crippen LogP contribution in [0.4, 0.5) is 5.95 Å². The molecule has 1 rings (SSSR count). The highest BCUT2D eigenvalue weighted by Gasteiger charge is 2.05. The summed E-state index contributed by atoms with van der Waals surface area (Å²) in [7, 11) is 0. The minimum Gasteiger partial charge on any atom is -0.475 e. The van der Waals surface area contributed by atoms with E-state index in [4.69, 9.17) is 9.84 Å². The van der Waals surface area contributed by atoms with E-state index in [2.05, 4.69) is 15.3 Å². The van der Waals surface area contributed by atoms with Crippen molar-refractivity contribution in [3.8, 4) is 5.88 Å². The van der Waals surface area contributed by atoms with Gasteiger partial charge in [-0.2, -0.15) is 4.98 Å². The zero-order valence-corrected chi connectivity index (χ0v) is 12.3. The number of rotatable bonds is 8. The van der Waals surface area contributed by atoms with Crippen molar-refractivity contribution in [3.05, 3.63) is 11.8 Å². The van der Waals surface area contributed by atoms with Gasteiger partial charge in [0.25, 0.3) is 0 Å². The van der Waals surface area contributed by atoms with Crippen molar-refractivity contribution in [1.82, 2.24) is 9.97 Å². The Morgan fingerprint density at radius 2 is 2.05 bits per heavy atom. The summed E-state index contributed by atoms with van der Waals surface area (Å²) in [6.07, 6.45) is 2.08. The van der Waals surface area contributed by atoms with Crippen LogP contribution in [0.5, 0.6) is 5.88 Å². The lowest BCUT2D eigenvalue weighted by Gasteiger charge is -2.12. The maximum absolute atomic E-state index is 8.95. The first kappa shape index (κ1) is 15.7. The van der Waals surface area contributed by atoms with Gasteiger partial charge in [0, 0.05) is 24.9 Å². The maximum Gasteiger partial charge on any atom is 0.226 e. The van der Waals surface area contributed by atoms with Crippen LogP contribution in [0.15, 0.2) is 6.07 Å². The number of hydrogen-bond acceptors (Lipinski definition) is 5.